The molecule has 1 fully saturated rings. The lowest BCUT2D eigenvalue weighted by Crippen LogP contribution is -2.43. The maximum Gasteiger partial charge on any atom is 0.229 e. The SMILES string of the molecule is COc1cc(N2CCNCC2)ccc1Nc1ncc(Cl)c(Nc2cccc(OC)c2NSC)n1. The topological polar surface area (TPSA) is 95.6 Å². The molecular weight excluding hydrogens is 474 g/mol. The summed E-state index contributed by atoms with van der Waals surface area (Å²) in [5.74, 6) is 2.27. The number of hydrogen-bond acceptors (Lipinski definition) is 10. The Kier molecular flexibility index (Phi) is 8.04. The number of para-hydroxylation sites is 1. The molecule has 0 radical (unpaired) electrons. The Labute approximate surface area is 208 Å². The van der Waals surface area contributed by atoms with Gasteiger partial charge in [0, 0.05) is 44.2 Å². The lowest BCUT2D eigenvalue weighted by atomic mass is 10.2. The van der Waals surface area contributed by atoms with E-state index in [1.54, 1.807) is 20.4 Å². The van der Waals surface area contributed by atoms with Gasteiger partial charge >= 0.3 is 0 Å². The van der Waals surface area contributed by atoms with E-state index in [9.17, 15) is 0 Å². The molecule has 2 heterocycles. The molecule has 1 aliphatic rings. The number of nitrogens with zero attached hydrogens (tertiary/aromatic N) is 3. The number of hydrogen-bond donors (Lipinski definition) is 4. The first-order valence-electron chi connectivity index (χ1n) is 10.8. The van der Waals surface area contributed by atoms with Gasteiger partial charge in [0.1, 0.15) is 22.2 Å². The highest BCUT2D eigenvalue weighted by Gasteiger charge is 2.15. The van der Waals surface area contributed by atoms with Gasteiger partial charge in [0.25, 0.3) is 0 Å². The fraction of sp³-hybridized carbons (Fsp3) is 0.304. The van der Waals surface area contributed by atoms with E-state index in [2.05, 4.69) is 41.6 Å². The molecule has 9 nitrogen and oxygen atoms in total. The fourth-order valence-electron chi connectivity index (χ4n) is 3.68. The summed E-state index contributed by atoms with van der Waals surface area (Å²) in [5.41, 5.74) is 3.46. The third-order valence-electron chi connectivity index (χ3n) is 5.36. The van der Waals surface area contributed by atoms with Crippen LogP contribution < -0.4 is 35.0 Å². The van der Waals surface area contributed by atoms with Crippen molar-refractivity contribution in [2.24, 2.45) is 0 Å². The summed E-state index contributed by atoms with van der Waals surface area (Å²) in [5, 5.41) is 10.3. The number of ether oxygens (including phenoxy) is 2. The third-order valence-corrected chi connectivity index (χ3v) is 6.05. The highest BCUT2D eigenvalue weighted by Crippen LogP contribution is 2.37. The van der Waals surface area contributed by atoms with E-state index in [0.717, 1.165) is 48.9 Å². The number of methoxy groups -OCH3 is 2. The zero-order chi connectivity index (χ0) is 23.9. The Morgan fingerprint density at radius 2 is 1.82 bits per heavy atom. The fourth-order valence-corrected chi connectivity index (χ4v) is 4.23. The van der Waals surface area contributed by atoms with Gasteiger partial charge in [-0.15, -0.1) is 0 Å². The van der Waals surface area contributed by atoms with Crippen molar-refractivity contribution in [3.8, 4) is 11.5 Å². The maximum atomic E-state index is 6.41. The second kappa shape index (κ2) is 11.4. The van der Waals surface area contributed by atoms with E-state index in [4.69, 9.17) is 21.1 Å². The van der Waals surface area contributed by atoms with Crippen LogP contribution in [-0.2, 0) is 0 Å². The summed E-state index contributed by atoms with van der Waals surface area (Å²) >= 11 is 7.87. The van der Waals surface area contributed by atoms with E-state index in [1.807, 2.05) is 36.6 Å². The van der Waals surface area contributed by atoms with Crippen LogP contribution in [0.15, 0.2) is 42.6 Å². The quantitative estimate of drug-likeness (QED) is 0.308. The van der Waals surface area contributed by atoms with Crippen LogP contribution in [-0.4, -0.2) is 56.6 Å². The predicted octanol–water partition coefficient (Wildman–Crippen LogP) is 4.73. The zero-order valence-electron chi connectivity index (χ0n) is 19.3. The molecule has 2 aromatic carbocycles. The van der Waals surface area contributed by atoms with Crippen molar-refractivity contribution in [1.82, 2.24) is 15.3 Å². The lowest BCUT2D eigenvalue weighted by Gasteiger charge is -2.30. The van der Waals surface area contributed by atoms with Gasteiger partial charge in [0.05, 0.1) is 31.8 Å². The molecule has 1 saturated heterocycles. The van der Waals surface area contributed by atoms with Crippen molar-refractivity contribution >= 4 is 58.1 Å². The molecule has 0 spiro atoms. The monoisotopic (exact) mass is 501 g/mol. The van der Waals surface area contributed by atoms with E-state index in [1.165, 1.54) is 11.9 Å². The molecule has 0 saturated carbocycles. The summed E-state index contributed by atoms with van der Waals surface area (Å²) in [6.07, 6.45) is 3.50. The Morgan fingerprint density at radius 3 is 2.56 bits per heavy atom. The minimum atomic E-state index is 0.391. The van der Waals surface area contributed by atoms with Crippen LogP contribution in [0.5, 0.6) is 11.5 Å². The number of anilines is 6. The molecule has 4 rings (SSSR count). The minimum Gasteiger partial charge on any atom is -0.494 e. The highest BCUT2D eigenvalue weighted by atomic mass is 35.5. The van der Waals surface area contributed by atoms with Crippen molar-refractivity contribution < 1.29 is 9.47 Å². The number of piperazine rings is 1. The van der Waals surface area contributed by atoms with Gasteiger partial charge in [-0.2, -0.15) is 4.98 Å². The van der Waals surface area contributed by atoms with Gasteiger partial charge in [0.15, 0.2) is 5.82 Å². The van der Waals surface area contributed by atoms with Crippen molar-refractivity contribution in [2.75, 3.05) is 66.9 Å². The van der Waals surface area contributed by atoms with Crippen LogP contribution in [0.25, 0.3) is 0 Å². The third kappa shape index (κ3) is 5.52. The normalized spacial score (nSPS) is 13.4. The summed E-state index contributed by atoms with van der Waals surface area (Å²) < 4.78 is 14.4. The Hall–Kier alpha value is -3.08. The molecule has 0 amide bonds. The average Bonchev–Trinajstić information content (AvgIpc) is 2.88. The molecule has 1 aromatic heterocycles. The Balaban J connectivity index is 1.57. The van der Waals surface area contributed by atoms with Crippen LogP contribution in [0, 0.1) is 0 Å². The average molecular weight is 502 g/mol. The highest BCUT2D eigenvalue weighted by molar-refractivity contribution is 7.99. The van der Waals surface area contributed by atoms with Crippen LogP contribution in [0.2, 0.25) is 5.02 Å². The number of halogens is 1. The molecule has 3 aromatic rings. The number of nitrogens with one attached hydrogen (secondary N) is 4. The number of benzene rings is 2. The number of rotatable bonds is 9. The summed E-state index contributed by atoms with van der Waals surface area (Å²) in [6.45, 7) is 3.86. The molecule has 0 atom stereocenters. The van der Waals surface area contributed by atoms with Crippen molar-refractivity contribution in [3.63, 3.8) is 0 Å². The molecule has 34 heavy (non-hydrogen) atoms. The van der Waals surface area contributed by atoms with Crippen molar-refractivity contribution in [1.29, 1.82) is 0 Å². The zero-order valence-corrected chi connectivity index (χ0v) is 20.9. The molecule has 0 unspecified atom stereocenters. The molecule has 1 aliphatic heterocycles. The standard InChI is InChI=1S/C23H28ClN7O2S/c1-32-19-6-4-5-18(21(19)30-34-3)27-22-16(24)14-26-23(29-22)28-17-8-7-15(13-20(17)33-2)31-11-9-25-10-12-31/h4-8,13-14,25,30H,9-12H2,1-3H3,(H2,26,27,28,29). The summed E-state index contributed by atoms with van der Waals surface area (Å²) in [7, 11) is 3.28. The van der Waals surface area contributed by atoms with E-state index < -0.39 is 0 Å². The first kappa shape index (κ1) is 24.1. The number of aromatic nitrogens is 2. The molecule has 180 valence electrons. The first-order valence-corrected chi connectivity index (χ1v) is 12.4. The summed E-state index contributed by atoms with van der Waals surface area (Å²) in [6, 6.07) is 11.8. The second-order valence-corrected chi connectivity index (χ2v) is 8.47. The second-order valence-electron chi connectivity index (χ2n) is 7.45. The van der Waals surface area contributed by atoms with Crippen LogP contribution in [0.3, 0.4) is 0 Å². The Bertz CT molecular complexity index is 1130. The van der Waals surface area contributed by atoms with Gasteiger partial charge in [0.2, 0.25) is 5.95 Å². The minimum absolute atomic E-state index is 0.391. The molecule has 0 bridgehead atoms. The molecule has 0 aliphatic carbocycles. The largest absolute Gasteiger partial charge is 0.494 e. The van der Waals surface area contributed by atoms with Gasteiger partial charge < -0.3 is 35.0 Å². The van der Waals surface area contributed by atoms with Gasteiger partial charge in [-0.25, -0.2) is 4.98 Å². The van der Waals surface area contributed by atoms with Crippen LogP contribution in [0.4, 0.5) is 34.5 Å². The van der Waals surface area contributed by atoms with Gasteiger partial charge in [-0.1, -0.05) is 29.6 Å². The first-order chi connectivity index (χ1) is 16.6. The van der Waals surface area contributed by atoms with E-state index in [0.29, 0.717) is 28.3 Å². The van der Waals surface area contributed by atoms with Crippen molar-refractivity contribution in [3.05, 3.63) is 47.6 Å². The Morgan fingerprint density at radius 1 is 1.03 bits per heavy atom. The van der Waals surface area contributed by atoms with Gasteiger partial charge in [-0.3, -0.25) is 0 Å². The molecule has 11 heteroatoms. The summed E-state index contributed by atoms with van der Waals surface area (Å²) in [4.78, 5) is 11.3. The van der Waals surface area contributed by atoms with E-state index >= 15 is 0 Å². The van der Waals surface area contributed by atoms with E-state index in [-0.39, 0.29) is 0 Å². The predicted molar refractivity (Wildman–Crippen MR) is 142 cm³/mol. The van der Waals surface area contributed by atoms with Crippen molar-refractivity contribution in [2.45, 2.75) is 0 Å². The lowest BCUT2D eigenvalue weighted by molar-refractivity contribution is 0.416. The maximum absolute atomic E-state index is 6.41. The smallest absolute Gasteiger partial charge is 0.229 e. The van der Waals surface area contributed by atoms with Crippen LogP contribution in [0.1, 0.15) is 0 Å². The van der Waals surface area contributed by atoms with Crippen LogP contribution >= 0.6 is 23.5 Å². The molecular formula is C23H28ClN7O2S. The van der Waals surface area contributed by atoms with Gasteiger partial charge in [-0.05, 0) is 24.3 Å². The molecule has 4 N–H and O–H groups in total.